The molecule has 4 rings (SSSR count). The Morgan fingerprint density at radius 2 is 1.88 bits per heavy atom. The fourth-order valence-electron chi connectivity index (χ4n) is 3.36. The smallest absolute Gasteiger partial charge is 0.263 e. The predicted molar refractivity (Wildman–Crippen MR) is 99.9 cm³/mol. The summed E-state index contributed by atoms with van der Waals surface area (Å²) in [7, 11) is -3.76. The molecule has 1 fully saturated rings. The lowest BCUT2D eigenvalue weighted by molar-refractivity contribution is -0.115. The maximum atomic E-state index is 12.6. The van der Waals surface area contributed by atoms with Gasteiger partial charge in [-0.3, -0.25) is 9.52 Å². The first-order chi connectivity index (χ1) is 12.5. The van der Waals surface area contributed by atoms with E-state index in [4.69, 9.17) is 0 Å². The van der Waals surface area contributed by atoms with Gasteiger partial charge in [-0.2, -0.15) is 0 Å². The molecule has 1 aromatic carbocycles. The molecule has 0 spiro atoms. The van der Waals surface area contributed by atoms with Crippen molar-refractivity contribution >= 4 is 33.1 Å². The van der Waals surface area contributed by atoms with E-state index in [0.29, 0.717) is 11.3 Å². The SMILES string of the molecule is O=C1Cc2cc(S(=O)(=O)Nc3ccc(N4CCCCC4)cn3)ccc2N1. The molecule has 0 radical (unpaired) electrons. The summed E-state index contributed by atoms with van der Waals surface area (Å²) in [5, 5.41) is 2.69. The lowest BCUT2D eigenvalue weighted by atomic mass is 10.1. The molecule has 1 aromatic heterocycles. The fraction of sp³-hybridized carbons (Fsp3) is 0.333. The standard InChI is InChI=1S/C18H20N4O3S/c23-18-11-13-10-15(5-6-16(13)20-18)26(24,25)21-17-7-4-14(12-19-17)22-8-2-1-3-9-22/h4-7,10,12H,1-3,8-9,11H2,(H,19,21)(H,20,23). The van der Waals surface area contributed by atoms with Gasteiger partial charge in [0.05, 0.1) is 23.2 Å². The molecule has 2 aliphatic rings. The number of fused-ring (bicyclic) bond motifs is 1. The Morgan fingerprint density at radius 3 is 2.62 bits per heavy atom. The Balaban J connectivity index is 1.51. The lowest BCUT2D eigenvalue weighted by Gasteiger charge is -2.28. The van der Waals surface area contributed by atoms with Crippen LogP contribution in [0.4, 0.5) is 17.2 Å². The third-order valence-corrected chi connectivity index (χ3v) is 6.07. The van der Waals surface area contributed by atoms with E-state index in [1.165, 1.54) is 31.4 Å². The highest BCUT2D eigenvalue weighted by molar-refractivity contribution is 7.92. The van der Waals surface area contributed by atoms with Crippen LogP contribution in [0.1, 0.15) is 24.8 Å². The summed E-state index contributed by atoms with van der Waals surface area (Å²) in [6, 6.07) is 8.19. The normalized spacial score (nSPS) is 16.9. The fourth-order valence-corrected chi connectivity index (χ4v) is 4.41. The highest BCUT2D eigenvalue weighted by atomic mass is 32.2. The molecular weight excluding hydrogens is 352 g/mol. The highest BCUT2D eigenvalue weighted by Gasteiger charge is 2.22. The minimum absolute atomic E-state index is 0.120. The maximum Gasteiger partial charge on any atom is 0.263 e. The molecule has 7 nitrogen and oxygen atoms in total. The Bertz CT molecular complexity index is 935. The predicted octanol–water partition coefficient (Wildman–Crippen LogP) is 2.37. The number of nitrogens with zero attached hydrogens (tertiary/aromatic N) is 2. The van der Waals surface area contributed by atoms with E-state index in [0.717, 1.165) is 18.8 Å². The number of hydrogen-bond donors (Lipinski definition) is 2. The summed E-state index contributed by atoms with van der Waals surface area (Å²) in [4.78, 5) is 18.1. The van der Waals surface area contributed by atoms with Crippen LogP contribution in [0.5, 0.6) is 0 Å². The van der Waals surface area contributed by atoms with Crippen molar-refractivity contribution in [1.82, 2.24) is 4.98 Å². The minimum Gasteiger partial charge on any atom is -0.370 e. The number of sulfonamides is 1. The van der Waals surface area contributed by atoms with Crippen molar-refractivity contribution in [3.63, 3.8) is 0 Å². The monoisotopic (exact) mass is 372 g/mol. The molecule has 2 aromatic rings. The molecule has 26 heavy (non-hydrogen) atoms. The summed E-state index contributed by atoms with van der Waals surface area (Å²) in [5.74, 6) is 0.151. The number of aromatic nitrogens is 1. The van der Waals surface area contributed by atoms with Crippen LogP contribution in [-0.4, -0.2) is 32.4 Å². The lowest BCUT2D eigenvalue weighted by Crippen LogP contribution is -2.29. The molecule has 3 heterocycles. The van der Waals surface area contributed by atoms with Crippen molar-refractivity contribution in [1.29, 1.82) is 0 Å². The van der Waals surface area contributed by atoms with E-state index in [-0.39, 0.29) is 23.0 Å². The second-order valence-corrected chi connectivity index (χ2v) is 8.28. The maximum absolute atomic E-state index is 12.6. The number of piperidine rings is 1. The first-order valence-electron chi connectivity index (χ1n) is 8.68. The quantitative estimate of drug-likeness (QED) is 0.860. The van der Waals surface area contributed by atoms with E-state index in [1.807, 2.05) is 6.07 Å². The van der Waals surface area contributed by atoms with E-state index in [2.05, 4.69) is 19.9 Å². The van der Waals surface area contributed by atoms with Gasteiger partial charge in [-0.05, 0) is 55.2 Å². The second kappa shape index (κ2) is 6.60. The van der Waals surface area contributed by atoms with E-state index >= 15 is 0 Å². The molecule has 0 unspecified atom stereocenters. The van der Waals surface area contributed by atoms with Crippen LogP contribution in [0.15, 0.2) is 41.4 Å². The first-order valence-corrected chi connectivity index (χ1v) is 10.2. The van der Waals surface area contributed by atoms with Crippen molar-refractivity contribution in [3.05, 3.63) is 42.1 Å². The Kier molecular flexibility index (Phi) is 4.28. The van der Waals surface area contributed by atoms with Gasteiger partial charge in [0, 0.05) is 18.8 Å². The van der Waals surface area contributed by atoms with Gasteiger partial charge < -0.3 is 10.2 Å². The zero-order valence-electron chi connectivity index (χ0n) is 14.2. The number of benzene rings is 1. The van der Waals surface area contributed by atoms with Crippen molar-refractivity contribution in [2.24, 2.45) is 0 Å². The molecule has 1 amide bonds. The van der Waals surface area contributed by atoms with Crippen LogP contribution >= 0.6 is 0 Å². The molecule has 0 saturated carbocycles. The van der Waals surface area contributed by atoms with Gasteiger partial charge in [0.1, 0.15) is 5.82 Å². The number of rotatable bonds is 4. The molecule has 2 aliphatic heterocycles. The number of carbonyl (C=O) groups excluding carboxylic acids is 1. The van der Waals surface area contributed by atoms with Crippen LogP contribution in [0.25, 0.3) is 0 Å². The first kappa shape index (κ1) is 16.8. The average molecular weight is 372 g/mol. The molecule has 0 aliphatic carbocycles. The van der Waals surface area contributed by atoms with Crippen molar-refractivity contribution in [2.45, 2.75) is 30.6 Å². The second-order valence-electron chi connectivity index (χ2n) is 6.60. The largest absolute Gasteiger partial charge is 0.370 e. The van der Waals surface area contributed by atoms with Gasteiger partial charge in [-0.15, -0.1) is 0 Å². The number of anilines is 3. The van der Waals surface area contributed by atoms with Crippen molar-refractivity contribution in [3.8, 4) is 0 Å². The average Bonchev–Trinajstić information content (AvgIpc) is 3.02. The third kappa shape index (κ3) is 3.37. The minimum atomic E-state index is -3.76. The van der Waals surface area contributed by atoms with Crippen LogP contribution in [-0.2, 0) is 21.2 Å². The van der Waals surface area contributed by atoms with Gasteiger partial charge in [0.2, 0.25) is 5.91 Å². The van der Waals surface area contributed by atoms with Gasteiger partial charge in [0.15, 0.2) is 0 Å². The van der Waals surface area contributed by atoms with E-state index < -0.39 is 10.0 Å². The molecular formula is C18H20N4O3S. The van der Waals surface area contributed by atoms with Crippen LogP contribution in [0, 0.1) is 0 Å². The number of pyridine rings is 1. The summed E-state index contributed by atoms with van der Waals surface area (Å²) in [6.07, 6.45) is 5.49. The van der Waals surface area contributed by atoms with Crippen molar-refractivity contribution in [2.75, 3.05) is 28.0 Å². The zero-order valence-corrected chi connectivity index (χ0v) is 15.1. The summed E-state index contributed by atoms with van der Waals surface area (Å²) >= 11 is 0. The third-order valence-electron chi connectivity index (χ3n) is 4.72. The molecule has 8 heteroatoms. The van der Waals surface area contributed by atoms with Gasteiger partial charge in [0.25, 0.3) is 10.0 Å². The summed E-state index contributed by atoms with van der Waals surface area (Å²) < 4.78 is 27.7. The Morgan fingerprint density at radius 1 is 1.08 bits per heavy atom. The number of carbonyl (C=O) groups is 1. The van der Waals surface area contributed by atoms with Gasteiger partial charge in [-0.1, -0.05) is 0 Å². The number of nitrogens with one attached hydrogen (secondary N) is 2. The molecule has 0 bridgehead atoms. The van der Waals surface area contributed by atoms with E-state index in [9.17, 15) is 13.2 Å². The Labute approximate surface area is 152 Å². The van der Waals surface area contributed by atoms with Crippen LogP contribution in [0.3, 0.4) is 0 Å². The van der Waals surface area contributed by atoms with Gasteiger partial charge in [-0.25, -0.2) is 13.4 Å². The van der Waals surface area contributed by atoms with Crippen LogP contribution < -0.4 is 14.9 Å². The number of amides is 1. The van der Waals surface area contributed by atoms with Crippen LogP contribution in [0.2, 0.25) is 0 Å². The summed E-state index contributed by atoms with van der Waals surface area (Å²) in [5.41, 5.74) is 2.36. The Hall–Kier alpha value is -2.61. The highest BCUT2D eigenvalue weighted by Crippen LogP contribution is 2.27. The topological polar surface area (TPSA) is 91.4 Å². The summed E-state index contributed by atoms with van der Waals surface area (Å²) in [6.45, 7) is 2.02. The van der Waals surface area contributed by atoms with Crippen molar-refractivity contribution < 1.29 is 13.2 Å². The molecule has 0 atom stereocenters. The number of hydrogen-bond acceptors (Lipinski definition) is 5. The molecule has 1 saturated heterocycles. The zero-order chi connectivity index (χ0) is 18.1. The van der Waals surface area contributed by atoms with E-state index in [1.54, 1.807) is 18.3 Å². The molecule has 136 valence electrons. The molecule has 2 N–H and O–H groups in total. The van der Waals surface area contributed by atoms with Gasteiger partial charge >= 0.3 is 0 Å².